The van der Waals surface area contributed by atoms with Gasteiger partial charge in [-0.15, -0.1) is 0 Å². The molecule has 0 saturated heterocycles. The minimum atomic E-state index is -0.0640. The average Bonchev–Trinajstić information content (AvgIpc) is 2.92. The number of benzene rings is 1. The molecule has 1 aromatic carbocycles. The van der Waals surface area contributed by atoms with Gasteiger partial charge in [0.25, 0.3) is 0 Å². The summed E-state index contributed by atoms with van der Waals surface area (Å²) in [6.07, 6.45) is 6.84. The SMILES string of the molecule is O=C(Nc1cccc2c1CCCN2)NC1CCCC1. The van der Waals surface area contributed by atoms with Gasteiger partial charge in [0.1, 0.15) is 0 Å². The molecule has 1 aromatic rings. The summed E-state index contributed by atoms with van der Waals surface area (Å²) < 4.78 is 0. The molecule has 0 aromatic heterocycles. The van der Waals surface area contributed by atoms with E-state index in [-0.39, 0.29) is 6.03 Å². The van der Waals surface area contributed by atoms with Crippen molar-refractivity contribution in [2.24, 2.45) is 0 Å². The lowest BCUT2D eigenvalue weighted by Gasteiger charge is -2.21. The largest absolute Gasteiger partial charge is 0.385 e. The number of fused-ring (bicyclic) bond motifs is 1. The van der Waals surface area contributed by atoms with Crippen LogP contribution in [0.2, 0.25) is 0 Å². The van der Waals surface area contributed by atoms with E-state index in [4.69, 9.17) is 0 Å². The van der Waals surface area contributed by atoms with Gasteiger partial charge in [-0.05, 0) is 43.4 Å². The third-order valence-corrected chi connectivity index (χ3v) is 4.03. The molecule has 1 fully saturated rings. The summed E-state index contributed by atoms with van der Waals surface area (Å²) in [5, 5.41) is 9.45. The van der Waals surface area contributed by atoms with Crippen LogP contribution in [0.4, 0.5) is 16.2 Å². The lowest BCUT2D eigenvalue weighted by atomic mass is 10.0. The van der Waals surface area contributed by atoms with Gasteiger partial charge < -0.3 is 16.0 Å². The molecule has 3 N–H and O–H groups in total. The second kappa shape index (κ2) is 5.51. The van der Waals surface area contributed by atoms with E-state index in [9.17, 15) is 4.79 Å². The van der Waals surface area contributed by atoms with E-state index in [1.807, 2.05) is 12.1 Å². The number of amides is 2. The van der Waals surface area contributed by atoms with Gasteiger partial charge in [0.2, 0.25) is 0 Å². The molecule has 4 heteroatoms. The Morgan fingerprint density at radius 3 is 2.89 bits per heavy atom. The fourth-order valence-electron chi connectivity index (χ4n) is 3.04. The number of anilines is 2. The minimum absolute atomic E-state index is 0.0640. The van der Waals surface area contributed by atoms with Crippen LogP contribution in [0, 0.1) is 0 Å². The van der Waals surface area contributed by atoms with E-state index >= 15 is 0 Å². The summed E-state index contributed by atoms with van der Waals surface area (Å²) in [5.74, 6) is 0. The van der Waals surface area contributed by atoms with E-state index in [2.05, 4.69) is 22.0 Å². The predicted octanol–water partition coefficient (Wildman–Crippen LogP) is 3.11. The molecule has 0 spiro atoms. The van der Waals surface area contributed by atoms with Gasteiger partial charge in [0, 0.05) is 24.0 Å². The fourth-order valence-corrected chi connectivity index (χ4v) is 3.04. The molecule has 1 aliphatic heterocycles. The fraction of sp³-hybridized carbons (Fsp3) is 0.533. The highest BCUT2D eigenvalue weighted by molar-refractivity contribution is 5.91. The zero-order valence-corrected chi connectivity index (χ0v) is 11.2. The topological polar surface area (TPSA) is 53.2 Å². The van der Waals surface area contributed by atoms with Crippen molar-refractivity contribution in [2.45, 2.75) is 44.6 Å². The maximum Gasteiger partial charge on any atom is 0.319 e. The summed E-state index contributed by atoms with van der Waals surface area (Å²) in [6, 6.07) is 6.35. The average molecular weight is 259 g/mol. The van der Waals surface area contributed by atoms with Crippen molar-refractivity contribution < 1.29 is 4.79 Å². The third-order valence-electron chi connectivity index (χ3n) is 4.03. The number of carbonyl (C=O) groups is 1. The van der Waals surface area contributed by atoms with Gasteiger partial charge in [0.15, 0.2) is 0 Å². The molecule has 0 bridgehead atoms. The van der Waals surface area contributed by atoms with Gasteiger partial charge in [-0.3, -0.25) is 0 Å². The molecule has 1 aliphatic carbocycles. The Balaban J connectivity index is 1.67. The summed E-state index contributed by atoms with van der Waals surface area (Å²) in [4.78, 5) is 12.0. The number of nitrogens with one attached hydrogen (secondary N) is 3. The van der Waals surface area contributed by atoms with Crippen LogP contribution in [0.5, 0.6) is 0 Å². The highest BCUT2D eigenvalue weighted by Crippen LogP contribution is 2.28. The second-order valence-electron chi connectivity index (χ2n) is 5.44. The number of rotatable bonds is 2. The van der Waals surface area contributed by atoms with Gasteiger partial charge in [-0.1, -0.05) is 18.9 Å². The Hall–Kier alpha value is -1.71. The number of carbonyl (C=O) groups excluding carboxylic acids is 1. The van der Waals surface area contributed by atoms with E-state index in [1.54, 1.807) is 0 Å². The van der Waals surface area contributed by atoms with Crippen molar-refractivity contribution in [3.05, 3.63) is 23.8 Å². The number of urea groups is 1. The molecule has 0 unspecified atom stereocenters. The van der Waals surface area contributed by atoms with Gasteiger partial charge in [-0.2, -0.15) is 0 Å². The van der Waals surface area contributed by atoms with Crippen molar-refractivity contribution >= 4 is 17.4 Å². The van der Waals surface area contributed by atoms with E-state index < -0.39 is 0 Å². The molecule has 19 heavy (non-hydrogen) atoms. The second-order valence-corrected chi connectivity index (χ2v) is 5.44. The van der Waals surface area contributed by atoms with Crippen LogP contribution in [0.15, 0.2) is 18.2 Å². The number of hydrogen-bond acceptors (Lipinski definition) is 2. The highest BCUT2D eigenvalue weighted by atomic mass is 16.2. The van der Waals surface area contributed by atoms with Crippen molar-refractivity contribution in [3.63, 3.8) is 0 Å². The first-order valence-electron chi connectivity index (χ1n) is 7.26. The molecular formula is C15H21N3O. The van der Waals surface area contributed by atoms with Gasteiger partial charge in [0.05, 0.1) is 0 Å². The van der Waals surface area contributed by atoms with Crippen LogP contribution in [0.3, 0.4) is 0 Å². The number of hydrogen-bond donors (Lipinski definition) is 3. The summed E-state index contributed by atoms with van der Waals surface area (Å²) in [6.45, 7) is 1.02. The standard InChI is InChI=1S/C15H21N3O/c19-15(17-11-5-1-2-6-11)18-14-9-3-8-13-12(14)7-4-10-16-13/h3,8-9,11,16H,1-2,4-7,10H2,(H2,17,18,19). The Labute approximate surface area is 114 Å². The first-order chi connectivity index (χ1) is 9.33. The van der Waals surface area contributed by atoms with Crippen LogP contribution in [0.1, 0.15) is 37.7 Å². The molecule has 0 radical (unpaired) electrons. The maximum absolute atomic E-state index is 12.0. The predicted molar refractivity (Wildman–Crippen MR) is 77.7 cm³/mol. The summed E-state index contributed by atoms with van der Waals surface area (Å²) in [7, 11) is 0. The summed E-state index contributed by atoms with van der Waals surface area (Å²) >= 11 is 0. The van der Waals surface area contributed by atoms with E-state index in [0.29, 0.717) is 6.04 Å². The summed E-state index contributed by atoms with van der Waals surface area (Å²) in [5.41, 5.74) is 3.33. The molecule has 2 amide bonds. The Bertz CT molecular complexity index is 466. The lowest BCUT2D eigenvalue weighted by molar-refractivity contribution is 0.248. The molecule has 1 heterocycles. The Morgan fingerprint density at radius 1 is 1.21 bits per heavy atom. The van der Waals surface area contributed by atoms with Crippen LogP contribution in [-0.4, -0.2) is 18.6 Å². The van der Waals surface area contributed by atoms with Crippen LogP contribution < -0.4 is 16.0 Å². The maximum atomic E-state index is 12.0. The Morgan fingerprint density at radius 2 is 2.05 bits per heavy atom. The molecule has 3 rings (SSSR count). The molecular weight excluding hydrogens is 238 g/mol. The molecule has 0 atom stereocenters. The first-order valence-corrected chi connectivity index (χ1v) is 7.26. The van der Waals surface area contributed by atoms with E-state index in [0.717, 1.165) is 43.6 Å². The van der Waals surface area contributed by atoms with Crippen molar-refractivity contribution in [2.75, 3.05) is 17.2 Å². The highest BCUT2D eigenvalue weighted by Gasteiger charge is 2.18. The van der Waals surface area contributed by atoms with Gasteiger partial charge in [-0.25, -0.2) is 4.79 Å². The molecule has 102 valence electrons. The lowest BCUT2D eigenvalue weighted by Crippen LogP contribution is -2.36. The molecule has 2 aliphatic rings. The molecule has 1 saturated carbocycles. The van der Waals surface area contributed by atoms with Crippen molar-refractivity contribution in [3.8, 4) is 0 Å². The zero-order chi connectivity index (χ0) is 13.1. The van der Waals surface area contributed by atoms with Crippen molar-refractivity contribution in [1.82, 2.24) is 5.32 Å². The first kappa shape index (κ1) is 12.3. The normalized spacial score (nSPS) is 18.5. The van der Waals surface area contributed by atoms with Crippen LogP contribution in [-0.2, 0) is 6.42 Å². The third kappa shape index (κ3) is 2.83. The quantitative estimate of drug-likeness (QED) is 0.764. The molecule has 4 nitrogen and oxygen atoms in total. The Kier molecular flexibility index (Phi) is 3.58. The van der Waals surface area contributed by atoms with Crippen LogP contribution >= 0.6 is 0 Å². The van der Waals surface area contributed by atoms with E-state index in [1.165, 1.54) is 18.4 Å². The van der Waals surface area contributed by atoms with Crippen LogP contribution in [0.25, 0.3) is 0 Å². The zero-order valence-electron chi connectivity index (χ0n) is 11.2. The van der Waals surface area contributed by atoms with Gasteiger partial charge >= 0.3 is 6.03 Å². The minimum Gasteiger partial charge on any atom is -0.385 e. The monoisotopic (exact) mass is 259 g/mol. The van der Waals surface area contributed by atoms with Crippen molar-refractivity contribution in [1.29, 1.82) is 0 Å². The smallest absolute Gasteiger partial charge is 0.319 e.